The van der Waals surface area contributed by atoms with E-state index in [1.165, 1.54) is 6.07 Å². The van der Waals surface area contributed by atoms with Gasteiger partial charge in [-0.2, -0.15) is 18.3 Å². The average Bonchev–Trinajstić information content (AvgIpc) is 2.86. The van der Waals surface area contributed by atoms with Gasteiger partial charge in [0.05, 0.1) is 22.4 Å². The van der Waals surface area contributed by atoms with Gasteiger partial charge >= 0.3 is 6.18 Å². The van der Waals surface area contributed by atoms with Gasteiger partial charge in [-0.05, 0) is 6.07 Å². The minimum absolute atomic E-state index is 0.00600. The van der Waals surface area contributed by atoms with Gasteiger partial charge in [-0.3, -0.25) is 20.0 Å². The molecule has 104 valence electrons. The summed E-state index contributed by atoms with van der Waals surface area (Å²) in [6, 6.07) is 3.17. The molecular formula is C11H6F3N3O3. The summed E-state index contributed by atoms with van der Waals surface area (Å²) in [7, 11) is 0. The van der Waals surface area contributed by atoms with Crippen molar-refractivity contribution in [3.05, 3.63) is 45.6 Å². The molecule has 0 unspecified atom stereocenters. The molecule has 0 bridgehead atoms. The number of nitrogens with zero attached hydrogens (tertiary/aromatic N) is 2. The summed E-state index contributed by atoms with van der Waals surface area (Å²) in [6.07, 6.45) is -3.78. The molecule has 0 atom stereocenters. The number of benzene rings is 1. The number of aldehydes is 1. The zero-order valence-corrected chi connectivity index (χ0v) is 9.64. The predicted octanol–water partition coefficient (Wildman–Crippen LogP) is 2.82. The molecule has 0 saturated heterocycles. The second-order valence-electron chi connectivity index (χ2n) is 3.81. The number of aromatic nitrogens is 2. The van der Waals surface area contributed by atoms with E-state index < -0.39 is 28.0 Å². The second-order valence-corrected chi connectivity index (χ2v) is 3.81. The van der Waals surface area contributed by atoms with Crippen molar-refractivity contribution in [2.75, 3.05) is 0 Å². The number of hydrogen-bond donors (Lipinski definition) is 1. The number of nitro benzene ring substituents is 1. The first kappa shape index (κ1) is 13.7. The van der Waals surface area contributed by atoms with Crippen LogP contribution in [0.5, 0.6) is 0 Å². The molecule has 0 aliphatic heterocycles. The Bertz CT molecular complexity index is 679. The molecule has 20 heavy (non-hydrogen) atoms. The number of rotatable bonds is 3. The number of nitro groups is 1. The van der Waals surface area contributed by atoms with Crippen LogP contribution in [0.15, 0.2) is 24.4 Å². The predicted molar refractivity (Wildman–Crippen MR) is 61.1 cm³/mol. The molecule has 0 fully saturated rings. The van der Waals surface area contributed by atoms with Crippen molar-refractivity contribution >= 4 is 12.0 Å². The standard InChI is InChI=1S/C11H6F3N3O3/c12-11(13,14)8-4-15-16-10(8)7-2-1-6(5-18)3-9(7)17(19)20/h1-5H,(H,15,16). The van der Waals surface area contributed by atoms with Gasteiger partial charge in [0.1, 0.15) is 11.8 Å². The third-order valence-electron chi connectivity index (χ3n) is 2.57. The molecule has 1 aromatic carbocycles. The molecule has 2 aromatic rings. The molecule has 0 spiro atoms. The molecule has 0 amide bonds. The van der Waals surface area contributed by atoms with Crippen LogP contribution in [0.25, 0.3) is 11.3 Å². The monoisotopic (exact) mass is 285 g/mol. The number of carbonyl (C=O) groups is 1. The van der Waals surface area contributed by atoms with E-state index in [0.29, 0.717) is 12.5 Å². The Hall–Kier alpha value is -2.71. The largest absolute Gasteiger partial charge is 0.420 e. The van der Waals surface area contributed by atoms with Crippen LogP contribution in [-0.2, 0) is 6.18 Å². The summed E-state index contributed by atoms with van der Waals surface area (Å²) < 4.78 is 38.3. The Balaban J connectivity index is 2.67. The van der Waals surface area contributed by atoms with Crippen molar-refractivity contribution in [3.8, 4) is 11.3 Å². The fourth-order valence-corrected chi connectivity index (χ4v) is 1.69. The Morgan fingerprint density at radius 3 is 2.60 bits per heavy atom. The van der Waals surface area contributed by atoms with E-state index in [-0.39, 0.29) is 11.1 Å². The van der Waals surface area contributed by atoms with Crippen molar-refractivity contribution in [1.82, 2.24) is 10.2 Å². The molecule has 0 aliphatic carbocycles. The lowest BCUT2D eigenvalue weighted by molar-refractivity contribution is -0.384. The van der Waals surface area contributed by atoms with Gasteiger partial charge in [0.2, 0.25) is 0 Å². The molecular weight excluding hydrogens is 279 g/mol. The van der Waals surface area contributed by atoms with Crippen molar-refractivity contribution in [2.45, 2.75) is 6.18 Å². The quantitative estimate of drug-likeness (QED) is 0.533. The first-order valence-corrected chi connectivity index (χ1v) is 5.19. The first-order chi connectivity index (χ1) is 9.34. The third-order valence-corrected chi connectivity index (χ3v) is 2.57. The summed E-state index contributed by atoms with van der Waals surface area (Å²) in [5.74, 6) is 0. The van der Waals surface area contributed by atoms with Crippen LogP contribution >= 0.6 is 0 Å². The van der Waals surface area contributed by atoms with Crippen LogP contribution in [0.3, 0.4) is 0 Å². The fraction of sp³-hybridized carbons (Fsp3) is 0.0909. The molecule has 0 aliphatic rings. The summed E-state index contributed by atoms with van der Waals surface area (Å²) >= 11 is 0. The zero-order chi connectivity index (χ0) is 14.9. The van der Waals surface area contributed by atoms with Crippen molar-refractivity contribution in [3.63, 3.8) is 0 Å². The van der Waals surface area contributed by atoms with Gasteiger partial charge in [-0.25, -0.2) is 0 Å². The van der Waals surface area contributed by atoms with E-state index in [4.69, 9.17) is 0 Å². The van der Waals surface area contributed by atoms with Gasteiger partial charge in [-0.1, -0.05) is 6.07 Å². The van der Waals surface area contributed by atoms with Crippen LogP contribution in [0.1, 0.15) is 15.9 Å². The van der Waals surface area contributed by atoms with E-state index in [9.17, 15) is 28.1 Å². The number of hydrogen-bond acceptors (Lipinski definition) is 4. The molecule has 1 heterocycles. The number of carbonyl (C=O) groups excluding carboxylic acids is 1. The van der Waals surface area contributed by atoms with Gasteiger partial charge in [0, 0.05) is 11.6 Å². The van der Waals surface area contributed by atoms with Crippen LogP contribution in [-0.4, -0.2) is 21.4 Å². The van der Waals surface area contributed by atoms with Gasteiger partial charge in [0.15, 0.2) is 0 Å². The van der Waals surface area contributed by atoms with Gasteiger partial charge in [-0.15, -0.1) is 0 Å². The van der Waals surface area contributed by atoms with Gasteiger partial charge in [0.25, 0.3) is 5.69 Å². The summed E-state index contributed by atoms with van der Waals surface area (Å²) in [4.78, 5) is 20.6. The summed E-state index contributed by atoms with van der Waals surface area (Å²) in [6.45, 7) is 0. The molecule has 9 heteroatoms. The maximum absolute atomic E-state index is 12.8. The molecule has 2 rings (SSSR count). The number of halogens is 3. The number of alkyl halides is 3. The lowest BCUT2D eigenvalue weighted by Gasteiger charge is -2.07. The number of nitrogens with one attached hydrogen (secondary N) is 1. The first-order valence-electron chi connectivity index (χ1n) is 5.19. The van der Waals surface area contributed by atoms with E-state index in [1.54, 1.807) is 0 Å². The molecule has 1 aromatic heterocycles. The second kappa shape index (κ2) is 4.76. The van der Waals surface area contributed by atoms with Gasteiger partial charge < -0.3 is 0 Å². The minimum atomic E-state index is -4.69. The Labute approximate surface area is 109 Å². The zero-order valence-electron chi connectivity index (χ0n) is 9.64. The van der Waals surface area contributed by atoms with E-state index in [0.717, 1.165) is 12.1 Å². The highest BCUT2D eigenvalue weighted by molar-refractivity contribution is 5.82. The minimum Gasteiger partial charge on any atom is -0.298 e. The third kappa shape index (κ3) is 2.37. The van der Waals surface area contributed by atoms with E-state index in [1.807, 2.05) is 0 Å². The fourth-order valence-electron chi connectivity index (χ4n) is 1.69. The van der Waals surface area contributed by atoms with E-state index >= 15 is 0 Å². The Morgan fingerprint density at radius 2 is 2.05 bits per heavy atom. The Morgan fingerprint density at radius 1 is 1.35 bits per heavy atom. The normalized spacial score (nSPS) is 11.3. The number of aromatic amines is 1. The number of H-pyrrole nitrogens is 1. The molecule has 0 saturated carbocycles. The maximum Gasteiger partial charge on any atom is 0.420 e. The molecule has 0 radical (unpaired) electrons. The maximum atomic E-state index is 12.8. The molecule has 6 nitrogen and oxygen atoms in total. The smallest absolute Gasteiger partial charge is 0.298 e. The lowest BCUT2D eigenvalue weighted by Crippen LogP contribution is -2.06. The Kier molecular flexibility index (Phi) is 3.26. The van der Waals surface area contributed by atoms with Crippen molar-refractivity contribution in [1.29, 1.82) is 0 Å². The van der Waals surface area contributed by atoms with Crippen LogP contribution in [0, 0.1) is 10.1 Å². The SMILES string of the molecule is O=Cc1ccc(-c2[nH]ncc2C(F)(F)F)c([N+](=O)[O-])c1. The topological polar surface area (TPSA) is 88.9 Å². The molecule has 1 N–H and O–H groups in total. The van der Waals surface area contributed by atoms with Crippen LogP contribution in [0.4, 0.5) is 18.9 Å². The highest BCUT2D eigenvalue weighted by Crippen LogP contribution is 2.38. The van der Waals surface area contributed by atoms with E-state index in [2.05, 4.69) is 10.2 Å². The highest BCUT2D eigenvalue weighted by atomic mass is 19.4. The summed E-state index contributed by atoms with van der Waals surface area (Å²) in [5, 5.41) is 16.3. The average molecular weight is 285 g/mol. The van der Waals surface area contributed by atoms with Crippen molar-refractivity contribution < 1.29 is 22.9 Å². The summed E-state index contributed by atoms with van der Waals surface area (Å²) in [5.41, 5.74) is -2.52. The highest BCUT2D eigenvalue weighted by Gasteiger charge is 2.37. The van der Waals surface area contributed by atoms with Crippen LogP contribution < -0.4 is 0 Å². The van der Waals surface area contributed by atoms with Crippen LogP contribution in [0.2, 0.25) is 0 Å². The van der Waals surface area contributed by atoms with Crippen molar-refractivity contribution in [2.24, 2.45) is 0 Å². The lowest BCUT2D eigenvalue weighted by atomic mass is 10.0.